The first kappa shape index (κ1) is 29.5. The van der Waals surface area contributed by atoms with Gasteiger partial charge >= 0.3 is 0 Å². The number of ketones is 2. The number of anilines is 1. The molecule has 3 aliphatic rings. The summed E-state index contributed by atoms with van der Waals surface area (Å²) >= 11 is 0. The Morgan fingerprint density at radius 1 is 1.12 bits per heavy atom. The van der Waals surface area contributed by atoms with E-state index < -0.39 is 57.5 Å². The number of hydrogen-bond acceptors (Lipinski definition) is 11. The zero-order chi connectivity index (χ0) is 29.7. The van der Waals surface area contributed by atoms with Gasteiger partial charge in [0, 0.05) is 44.3 Å². The molecule has 0 bridgehead atoms. The number of nitrogens with zero attached hydrogens (tertiary/aromatic N) is 2. The van der Waals surface area contributed by atoms with E-state index in [1.807, 2.05) is 0 Å². The van der Waals surface area contributed by atoms with Crippen LogP contribution in [0.2, 0.25) is 0 Å². The van der Waals surface area contributed by atoms with Crippen LogP contribution in [-0.2, 0) is 20.7 Å². The summed E-state index contributed by atoms with van der Waals surface area (Å²) in [4.78, 5) is 43.2. The summed E-state index contributed by atoms with van der Waals surface area (Å²) in [5.74, 6) is -6.45. The number of likely N-dealkylation sites (N-methyl/N-ethyl adjacent to an activating group) is 1. The molecule has 40 heavy (non-hydrogen) atoms. The number of phenolic OH excluding ortho intramolecular Hbond substituents is 1. The molecule has 12 heteroatoms. The molecule has 0 radical (unpaired) electrons. The van der Waals surface area contributed by atoms with Gasteiger partial charge in [-0.15, -0.1) is 0 Å². The Bertz CT molecular complexity index is 1320. The van der Waals surface area contributed by atoms with Crippen molar-refractivity contribution in [2.45, 2.75) is 37.3 Å². The van der Waals surface area contributed by atoms with Gasteiger partial charge in [0.25, 0.3) is 5.91 Å². The number of Topliss-reactive ketones (excluding diaryl/α,β-unsaturated/α-hetero) is 2. The van der Waals surface area contributed by atoms with Gasteiger partial charge < -0.3 is 40.9 Å². The van der Waals surface area contributed by atoms with Crippen LogP contribution >= 0.6 is 0 Å². The first-order chi connectivity index (χ1) is 18.7. The number of aliphatic hydroxyl groups excluding tert-OH is 3. The van der Waals surface area contributed by atoms with Gasteiger partial charge in [-0.05, 0) is 57.5 Å². The van der Waals surface area contributed by atoms with Crippen LogP contribution in [0.25, 0.3) is 0 Å². The van der Waals surface area contributed by atoms with Crippen molar-refractivity contribution < 1.29 is 44.7 Å². The summed E-state index contributed by atoms with van der Waals surface area (Å²) in [7, 11) is 6.72. The SMILES string of the molecule is CN(C)c1ccc(O)c2c1C[C@@]1(COCCCCO)C[C@H]3[C@H](N(C)C)C(O)=C(C(N)=O)C(=O)[C@@]3(O)C(O)=C1C2=O. The molecule has 0 fully saturated rings. The largest absolute Gasteiger partial charge is 0.510 e. The molecule has 7 N–H and O–H groups in total. The average Bonchev–Trinajstić information content (AvgIpc) is 2.85. The molecule has 218 valence electrons. The van der Waals surface area contributed by atoms with Crippen LogP contribution in [0.1, 0.15) is 35.2 Å². The number of carbonyl (C=O) groups is 3. The molecule has 0 heterocycles. The van der Waals surface area contributed by atoms with Crippen LogP contribution in [-0.4, -0.2) is 108 Å². The topological polar surface area (TPSA) is 194 Å². The van der Waals surface area contributed by atoms with Crippen molar-refractivity contribution >= 4 is 23.2 Å². The van der Waals surface area contributed by atoms with Gasteiger partial charge in [-0.2, -0.15) is 0 Å². The lowest BCUT2D eigenvalue weighted by molar-refractivity contribution is -0.152. The number of phenols is 1. The molecule has 12 nitrogen and oxygen atoms in total. The third-order valence-electron chi connectivity index (χ3n) is 8.36. The number of hydrogen-bond donors (Lipinski definition) is 6. The number of amides is 1. The Morgan fingerprint density at radius 3 is 2.38 bits per heavy atom. The quantitative estimate of drug-likeness (QED) is 0.180. The molecule has 0 aromatic heterocycles. The number of primary amides is 1. The zero-order valence-electron chi connectivity index (χ0n) is 23.1. The third kappa shape index (κ3) is 4.26. The highest BCUT2D eigenvalue weighted by atomic mass is 16.5. The third-order valence-corrected chi connectivity index (χ3v) is 8.36. The predicted octanol–water partition coefficient (Wildman–Crippen LogP) is 0.346. The van der Waals surface area contributed by atoms with Crippen LogP contribution in [0.4, 0.5) is 5.69 Å². The fourth-order valence-corrected chi connectivity index (χ4v) is 6.61. The van der Waals surface area contributed by atoms with Crippen molar-refractivity contribution in [2.75, 3.05) is 52.9 Å². The van der Waals surface area contributed by atoms with E-state index in [1.165, 1.54) is 11.0 Å². The Kier molecular flexibility index (Phi) is 7.76. The van der Waals surface area contributed by atoms with Gasteiger partial charge in [-0.1, -0.05) is 0 Å². The summed E-state index contributed by atoms with van der Waals surface area (Å²) in [6.07, 6.45) is 1.03. The molecule has 4 rings (SSSR count). The highest BCUT2D eigenvalue weighted by molar-refractivity contribution is 6.25. The number of carbonyl (C=O) groups excluding carboxylic acids is 3. The van der Waals surface area contributed by atoms with Crippen molar-refractivity contribution in [3.63, 3.8) is 0 Å². The lowest BCUT2D eigenvalue weighted by Gasteiger charge is -2.54. The van der Waals surface area contributed by atoms with Crippen LogP contribution in [0, 0.1) is 11.3 Å². The molecule has 4 atom stereocenters. The predicted molar refractivity (Wildman–Crippen MR) is 144 cm³/mol. The van der Waals surface area contributed by atoms with Gasteiger partial charge in [0.2, 0.25) is 5.78 Å². The van der Waals surface area contributed by atoms with Crippen molar-refractivity contribution in [1.29, 1.82) is 0 Å². The first-order valence-electron chi connectivity index (χ1n) is 13.1. The summed E-state index contributed by atoms with van der Waals surface area (Å²) in [6.45, 7) is 0.118. The van der Waals surface area contributed by atoms with Crippen LogP contribution in [0.3, 0.4) is 0 Å². The number of rotatable bonds is 9. The maximum atomic E-state index is 14.1. The molecule has 1 aromatic rings. The number of aromatic hydroxyl groups is 1. The van der Waals surface area contributed by atoms with Crippen LogP contribution < -0.4 is 10.6 Å². The summed E-state index contributed by atoms with van der Waals surface area (Å²) in [6, 6.07) is 1.92. The molecule has 0 saturated carbocycles. The lowest BCUT2D eigenvalue weighted by atomic mass is 9.52. The van der Waals surface area contributed by atoms with E-state index in [4.69, 9.17) is 15.6 Å². The van der Waals surface area contributed by atoms with E-state index in [-0.39, 0.29) is 49.5 Å². The van der Waals surface area contributed by atoms with E-state index >= 15 is 0 Å². The van der Waals surface area contributed by atoms with Gasteiger partial charge in [0.15, 0.2) is 11.4 Å². The Balaban J connectivity index is 2.00. The number of fused-ring (bicyclic) bond motifs is 3. The zero-order valence-corrected chi connectivity index (χ0v) is 23.1. The standard InChI is InChI=1S/C28H37N3O9/c1-30(2)16-7-8-17(33)18-14(16)11-27(13-40-10-6-5-9-32)12-15-21(31(3)4)23(35)19(26(29)38)24(36)28(15,39)25(37)20(27)22(18)34/h7-8,15,21,32-33,35,37,39H,5-6,9-13H2,1-4H3,(H2,29,38)/t15-,21-,27-,28+/m0/s1. The Morgan fingerprint density at radius 2 is 1.80 bits per heavy atom. The fraction of sp³-hybridized carbons (Fsp3) is 0.536. The lowest BCUT2D eigenvalue weighted by Crippen LogP contribution is -2.66. The summed E-state index contributed by atoms with van der Waals surface area (Å²) in [5, 5.41) is 54.6. The normalized spacial score (nSPS) is 28.0. The van der Waals surface area contributed by atoms with E-state index in [2.05, 4.69) is 0 Å². The molecule has 0 spiro atoms. The van der Waals surface area contributed by atoms with Crippen molar-refractivity contribution in [1.82, 2.24) is 4.90 Å². The second kappa shape index (κ2) is 10.5. The van der Waals surface area contributed by atoms with Gasteiger partial charge in [-0.3, -0.25) is 19.3 Å². The van der Waals surface area contributed by atoms with Gasteiger partial charge in [0.05, 0.1) is 23.8 Å². The second-order valence-corrected chi connectivity index (χ2v) is 11.3. The monoisotopic (exact) mass is 559 g/mol. The number of aliphatic hydroxyl groups is 4. The molecular formula is C28H37N3O9. The molecule has 3 aliphatic carbocycles. The van der Waals surface area contributed by atoms with Gasteiger partial charge in [0.1, 0.15) is 22.8 Å². The van der Waals surface area contributed by atoms with Crippen LogP contribution in [0.15, 0.2) is 34.8 Å². The van der Waals surface area contributed by atoms with E-state index in [9.17, 15) is 34.8 Å². The van der Waals surface area contributed by atoms with E-state index in [0.717, 1.165) is 0 Å². The maximum Gasteiger partial charge on any atom is 0.255 e. The van der Waals surface area contributed by atoms with Gasteiger partial charge in [-0.25, -0.2) is 0 Å². The minimum atomic E-state index is -2.75. The Hall–Kier alpha value is -3.45. The minimum Gasteiger partial charge on any atom is -0.510 e. The number of unbranched alkanes of at least 4 members (excludes halogenated alkanes) is 1. The molecule has 0 aliphatic heterocycles. The first-order valence-corrected chi connectivity index (χ1v) is 13.1. The van der Waals surface area contributed by atoms with Crippen molar-refractivity contribution in [2.24, 2.45) is 17.1 Å². The van der Waals surface area contributed by atoms with E-state index in [1.54, 1.807) is 39.2 Å². The molecule has 0 saturated heterocycles. The summed E-state index contributed by atoms with van der Waals surface area (Å²) < 4.78 is 5.99. The highest BCUT2D eigenvalue weighted by Crippen LogP contribution is 2.58. The number of benzene rings is 1. The van der Waals surface area contributed by atoms with E-state index in [0.29, 0.717) is 24.1 Å². The Labute approximate surface area is 231 Å². The molecular weight excluding hydrogens is 522 g/mol. The molecule has 0 unspecified atom stereocenters. The second-order valence-electron chi connectivity index (χ2n) is 11.3. The van der Waals surface area contributed by atoms with Crippen LogP contribution in [0.5, 0.6) is 5.75 Å². The maximum absolute atomic E-state index is 14.1. The molecule has 1 amide bonds. The average molecular weight is 560 g/mol. The van der Waals surface area contributed by atoms with Crippen molar-refractivity contribution in [3.05, 3.63) is 45.9 Å². The smallest absolute Gasteiger partial charge is 0.255 e. The fourth-order valence-electron chi connectivity index (χ4n) is 6.61. The number of ether oxygens (including phenoxy) is 1. The highest BCUT2D eigenvalue weighted by Gasteiger charge is 2.66. The summed E-state index contributed by atoms with van der Waals surface area (Å²) in [5.41, 5.74) is 1.35. The number of nitrogens with two attached hydrogens (primary N) is 1. The minimum absolute atomic E-state index is 0.0205. The molecule has 1 aromatic carbocycles. The van der Waals surface area contributed by atoms with Crippen molar-refractivity contribution in [3.8, 4) is 5.75 Å².